The zero-order valence-electron chi connectivity index (χ0n) is 13.7. The number of hydrogen-bond donors (Lipinski definition) is 1. The zero-order valence-corrected chi connectivity index (χ0v) is 14.5. The second-order valence-corrected chi connectivity index (χ2v) is 5.89. The first-order valence-corrected chi connectivity index (χ1v) is 8.00. The number of nitrogens with zero attached hydrogens (tertiary/aromatic N) is 1. The first-order chi connectivity index (χ1) is 11.2. The molecule has 0 radical (unpaired) electrons. The molecule has 2 aromatic rings. The maximum atomic E-state index is 13.3. The fourth-order valence-corrected chi connectivity index (χ4v) is 3.05. The molecule has 1 aliphatic heterocycles. The van der Waals surface area contributed by atoms with E-state index in [4.69, 9.17) is 0 Å². The topological polar surface area (TPSA) is 32.3 Å². The summed E-state index contributed by atoms with van der Waals surface area (Å²) in [7, 11) is 0. The second-order valence-electron chi connectivity index (χ2n) is 5.89. The lowest BCUT2D eigenvalue weighted by Gasteiger charge is -2.30. The van der Waals surface area contributed by atoms with E-state index in [1.807, 2.05) is 25.1 Å². The summed E-state index contributed by atoms with van der Waals surface area (Å²) in [6.07, 6.45) is 0.703. The fraction of sp³-hybridized carbons (Fsp3) is 0.316. The number of amides is 1. The van der Waals surface area contributed by atoms with E-state index in [1.54, 1.807) is 11.0 Å². The minimum Gasteiger partial charge on any atom is -0.337 e. The highest BCUT2D eigenvalue weighted by atomic mass is 35.5. The molecule has 24 heavy (non-hydrogen) atoms. The van der Waals surface area contributed by atoms with Crippen LogP contribution < -0.4 is 5.32 Å². The molecule has 0 aliphatic carbocycles. The molecular weight excluding hydrogens is 327 g/mol. The molecule has 1 N–H and O–H groups in total. The maximum absolute atomic E-state index is 13.3. The Bertz CT molecular complexity index is 707. The average molecular weight is 349 g/mol. The summed E-state index contributed by atoms with van der Waals surface area (Å²) in [5.74, 6) is -0.193. The Labute approximate surface area is 148 Å². The van der Waals surface area contributed by atoms with Crippen molar-refractivity contribution in [2.45, 2.75) is 32.5 Å². The molecule has 1 heterocycles. The van der Waals surface area contributed by atoms with Gasteiger partial charge in [-0.25, -0.2) is 4.39 Å². The van der Waals surface area contributed by atoms with Gasteiger partial charge in [-0.2, -0.15) is 0 Å². The van der Waals surface area contributed by atoms with E-state index in [1.165, 1.54) is 23.3 Å². The first kappa shape index (κ1) is 18.4. The SMILES string of the molecule is CCN(Cc1cccc(F)c1)C(=O)C1Cc2ccccc2CN1.Cl. The molecule has 5 heteroatoms. The maximum Gasteiger partial charge on any atom is 0.240 e. The Hall–Kier alpha value is -1.91. The summed E-state index contributed by atoms with van der Waals surface area (Å²) in [5, 5.41) is 3.32. The molecule has 3 nitrogen and oxygen atoms in total. The Balaban J connectivity index is 0.00000208. The van der Waals surface area contributed by atoms with Gasteiger partial charge in [-0.1, -0.05) is 36.4 Å². The fourth-order valence-electron chi connectivity index (χ4n) is 3.05. The van der Waals surface area contributed by atoms with Crippen LogP contribution in [0, 0.1) is 5.82 Å². The third kappa shape index (κ3) is 4.13. The minimum absolute atomic E-state index is 0. The van der Waals surface area contributed by atoms with Crippen molar-refractivity contribution in [2.24, 2.45) is 0 Å². The highest BCUT2D eigenvalue weighted by Gasteiger charge is 2.27. The smallest absolute Gasteiger partial charge is 0.240 e. The predicted octanol–water partition coefficient (Wildman–Crippen LogP) is 3.31. The number of carbonyl (C=O) groups is 1. The summed E-state index contributed by atoms with van der Waals surface area (Å²) >= 11 is 0. The molecule has 0 fully saturated rings. The molecule has 3 rings (SSSR count). The number of carbonyl (C=O) groups excluding carboxylic acids is 1. The van der Waals surface area contributed by atoms with E-state index >= 15 is 0 Å². The van der Waals surface area contributed by atoms with Crippen LogP contribution >= 0.6 is 12.4 Å². The molecular formula is C19H22ClFN2O. The molecule has 1 aliphatic rings. The number of rotatable bonds is 4. The molecule has 1 unspecified atom stereocenters. The van der Waals surface area contributed by atoms with Crippen LogP contribution in [0.3, 0.4) is 0 Å². The van der Waals surface area contributed by atoms with Gasteiger partial charge in [-0.15, -0.1) is 12.4 Å². The normalized spacial score (nSPS) is 16.0. The van der Waals surface area contributed by atoms with Gasteiger partial charge in [-0.05, 0) is 42.2 Å². The highest BCUT2D eigenvalue weighted by molar-refractivity contribution is 5.85. The van der Waals surface area contributed by atoms with Crippen molar-refractivity contribution in [3.8, 4) is 0 Å². The van der Waals surface area contributed by atoms with Crippen LogP contribution in [0.25, 0.3) is 0 Å². The van der Waals surface area contributed by atoms with Gasteiger partial charge in [-0.3, -0.25) is 4.79 Å². The molecule has 1 atom stereocenters. The van der Waals surface area contributed by atoms with Crippen molar-refractivity contribution < 1.29 is 9.18 Å². The first-order valence-electron chi connectivity index (χ1n) is 8.00. The molecule has 128 valence electrons. The van der Waals surface area contributed by atoms with Gasteiger partial charge in [0.15, 0.2) is 0 Å². The molecule has 0 saturated carbocycles. The van der Waals surface area contributed by atoms with E-state index in [2.05, 4.69) is 17.4 Å². The number of fused-ring (bicyclic) bond motifs is 1. The average Bonchev–Trinajstić information content (AvgIpc) is 2.58. The zero-order chi connectivity index (χ0) is 16.2. The lowest BCUT2D eigenvalue weighted by molar-refractivity contribution is -0.134. The molecule has 0 spiro atoms. The predicted molar refractivity (Wildman–Crippen MR) is 95.5 cm³/mol. The van der Waals surface area contributed by atoms with Gasteiger partial charge >= 0.3 is 0 Å². The van der Waals surface area contributed by atoms with Crippen LogP contribution in [0.1, 0.15) is 23.6 Å². The summed E-state index contributed by atoms with van der Waals surface area (Å²) in [4.78, 5) is 14.6. The number of likely N-dealkylation sites (N-methyl/N-ethyl adjacent to an activating group) is 1. The van der Waals surface area contributed by atoms with Crippen molar-refractivity contribution in [3.63, 3.8) is 0 Å². The van der Waals surface area contributed by atoms with Gasteiger partial charge in [0.1, 0.15) is 5.82 Å². The summed E-state index contributed by atoms with van der Waals surface area (Å²) in [6.45, 7) is 3.71. The van der Waals surface area contributed by atoms with Gasteiger partial charge in [0.25, 0.3) is 0 Å². The lowest BCUT2D eigenvalue weighted by atomic mass is 9.95. The molecule has 0 aromatic heterocycles. The molecule has 2 aromatic carbocycles. The van der Waals surface area contributed by atoms with Gasteiger partial charge in [0, 0.05) is 19.6 Å². The van der Waals surface area contributed by atoms with Crippen LogP contribution in [0.4, 0.5) is 4.39 Å². The van der Waals surface area contributed by atoms with Gasteiger partial charge in [0.2, 0.25) is 5.91 Å². The van der Waals surface area contributed by atoms with E-state index in [0.717, 1.165) is 5.56 Å². The number of hydrogen-bond acceptors (Lipinski definition) is 2. The standard InChI is InChI=1S/C19H21FN2O.ClH/c1-2-22(13-14-6-5-9-17(20)10-14)19(23)18-11-15-7-3-4-8-16(15)12-21-18;/h3-10,18,21H,2,11-13H2,1H3;1H. The molecule has 0 bridgehead atoms. The third-order valence-electron chi connectivity index (χ3n) is 4.34. The summed E-state index contributed by atoms with van der Waals surface area (Å²) < 4.78 is 13.3. The largest absolute Gasteiger partial charge is 0.337 e. The van der Waals surface area contributed by atoms with E-state index in [0.29, 0.717) is 26.1 Å². The Kier molecular flexibility index (Phi) is 6.35. The van der Waals surface area contributed by atoms with Gasteiger partial charge < -0.3 is 10.2 Å². The monoisotopic (exact) mass is 348 g/mol. The van der Waals surface area contributed by atoms with Crippen molar-refractivity contribution in [1.29, 1.82) is 0 Å². The second kappa shape index (κ2) is 8.27. The van der Waals surface area contributed by atoms with Crippen LogP contribution in [-0.4, -0.2) is 23.4 Å². The Morgan fingerprint density at radius 3 is 2.67 bits per heavy atom. The quantitative estimate of drug-likeness (QED) is 0.919. The minimum atomic E-state index is -0.268. The van der Waals surface area contributed by atoms with E-state index < -0.39 is 0 Å². The number of nitrogens with one attached hydrogen (secondary N) is 1. The molecule has 1 amide bonds. The van der Waals surface area contributed by atoms with Crippen molar-refractivity contribution >= 4 is 18.3 Å². The summed E-state index contributed by atoms with van der Waals surface area (Å²) in [6, 6.07) is 14.4. The van der Waals surface area contributed by atoms with Crippen molar-refractivity contribution in [3.05, 3.63) is 71.0 Å². The Morgan fingerprint density at radius 1 is 1.21 bits per heavy atom. The van der Waals surface area contributed by atoms with Crippen molar-refractivity contribution in [2.75, 3.05) is 6.54 Å². The lowest BCUT2D eigenvalue weighted by Crippen LogP contribution is -2.49. The van der Waals surface area contributed by atoms with Crippen LogP contribution in [-0.2, 0) is 24.3 Å². The van der Waals surface area contributed by atoms with Crippen LogP contribution in [0.2, 0.25) is 0 Å². The highest BCUT2D eigenvalue weighted by Crippen LogP contribution is 2.18. The number of benzene rings is 2. The van der Waals surface area contributed by atoms with E-state index in [-0.39, 0.29) is 30.2 Å². The van der Waals surface area contributed by atoms with Crippen LogP contribution in [0.5, 0.6) is 0 Å². The Morgan fingerprint density at radius 2 is 1.96 bits per heavy atom. The van der Waals surface area contributed by atoms with Crippen LogP contribution in [0.15, 0.2) is 48.5 Å². The third-order valence-corrected chi connectivity index (χ3v) is 4.34. The number of halogens is 2. The van der Waals surface area contributed by atoms with Crippen molar-refractivity contribution in [1.82, 2.24) is 10.2 Å². The molecule has 0 saturated heterocycles. The van der Waals surface area contributed by atoms with Gasteiger partial charge in [0.05, 0.1) is 6.04 Å². The summed E-state index contributed by atoms with van der Waals surface area (Å²) in [5.41, 5.74) is 3.30. The van der Waals surface area contributed by atoms with E-state index in [9.17, 15) is 9.18 Å².